The predicted molar refractivity (Wildman–Crippen MR) is 63.7 cm³/mol. The summed E-state index contributed by atoms with van der Waals surface area (Å²) in [4.78, 5) is 12.6. The lowest BCUT2D eigenvalue weighted by Crippen LogP contribution is -2.64. The Morgan fingerprint density at radius 3 is 3.00 bits per heavy atom. The van der Waals surface area contributed by atoms with Gasteiger partial charge in [-0.25, -0.2) is 0 Å². The molecular weight excluding hydrogens is 228 g/mol. The molecule has 7 atom stereocenters. The van der Waals surface area contributed by atoms with E-state index in [-0.39, 0.29) is 34.6 Å². The van der Waals surface area contributed by atoms with Crippen molar-refractivity contribution in [2.24, 2.45) is 22.7 Å². The van der Waals surface area contributed by atoms with Gasteiger partial charge >= 0.3 is 5.97 Å². The van der Waals surface area contributed by atoms with Crippen LogP contribution >= 0.6 is 0 Å². The first kappa shape index (κ1) is 10.0. The third-order valence-corrected chi connectivity index (χ3v) is 6.63. The molecule has 6 bridgehead atoms. The van der Waals surface area contributed by atoms with Gasteiger partial charge in [0.2, 0.25) is 0 Å². The molecule has 3 heterocycles. The Morgan fingerprint density at radius 1 is 1.33 bits per heavy atom. The van der Waals surface area contributed by atoms with Crippen LogP contribution in [0.25, 0.3) is 0 Å². The summed E-state index contributed by atoms with van der Waals surface area (Å²) in [6, 6.07) is 0. The predicted octanol–water partition coefficient (Wildman–Crippen LogP) is 2.06. The first-order valence-electron chi connectivity index (χ1n) is 7.11. The van der Waals surface area contributed by atoms with Gasteiger partial charge in [0.05, 0.1) is 17.1 Å². The van der Waals surface area contributed by atoms with Gasteiger partial charge in [-0.2, -0.15) is 0 Å². The summed E-state index contributed by atoms with van der Waals surface area (Å²) < 4.78 is 12.1. The van der Waals surface area contributed by atoms with Crippen molar-refractivity contribution in [2.45, 2.75) is 50.9 Å². The second kappa shape index (κ2) is 2.43. The molecule has 4 fully saturated rings. The molecule has 0 aromatic rings. The van der Waals surface area contributed by atoms with Crippen LogP contribution in [0, 0.1) is 22.7 Å². The van der Waals surface area contributed by atoms with E-state index >= 15 is 0 Å². The molecule has 0 amide bonds. The molecule has 0 radical (unpaired) electrons. The van der Waals surface area contributed by atoms with E-state index in [1.165, 1.54) is 0 Å². The monoisotopic (exact) mass is 246 g/mol. The van der Waals surface area contributed by atoms with Crippen LogP contribution in [0.5, 0.6) is 0 Å². The Balaban J connectivity index is 1.87. The number of esters is 1. The molecule has 3 aliphatic carbocycles. The standard InChI is InChI=1S/C15H18O3/c1-8-5-10-9-6-11-14(8)4-3-13(2,18-11)7-15(9,14)12(16)17-10/h3-4,8-11H,5-7H2,1-2H3/t8-,9-,10+,11+,13?,14?,15-/m0/s1. The highest BCUT2D eigenvalue weighted by molar-refractivity contribution is 5.84. The van der Waals surface area contributed by atoms with Crippen molar-refractivity contribution < 1.29 is 14.3 Å². The van der Waals surface area contributed by atoms with E-state index in [2.05, 4.69) is 26.0 Å². The summed E-state index contributed by atoms with van der Waals surface area (Å²) in [5, 5.41) is 0. The van der Waals surface area contributed by atoms with Crippen LogP contribution in [-0.2, 0) is 14.3 Å². The van der Waals surface area contributed by atoms with Crippen LogP contribution < -0.4 is 0 Å². The smallest absolute Gasteiger partial charge is 0.313 e. The van der Waals surface area contributed by atoms with Crippen molar-refractivity contribution in [1.29, 1.82) is 0 Å². The van der Waals surface area contributed by atoms with Crippen LogP contribution in [0.2, 0.25) is 0 Å². The molecule has 0 aromatic carbocycles. The fourth-order valence-corrected chi connectivity index (χ4v) is 6.13. The van der Waals surface area contributed by atoms with Gasteiger partial charge < -0.3 is 9.47 Å². The molecule has 3 heteroatoms. The molecule has 96 valence electrons. The van der Waals surface area contributed by atoms with Gasteiger partial charge in [-0.3, -0.25) is 4.79 Å². The number of hydrogen-bond acceptors (Lipinski definition) is 3. The number of hydrogen-bond donors (Lipinski definition) is 0. The minimum atomic E-state index is -0.262. The maximum Gasteiger partial charge on any atom is 0.313 e. The Morgan fingerprint density at radius 2 is 2.17 bits per heavy atom. The Labute approximate surface area is 107 Å². The minimum absolute atomic E-state index is 0.0699. The van der Waals surface area contributed by atoms with Crippen LogP contribution in [-0.4, -0.2) is 23.8 Å². The highest BCUT2D eigenvalue weighted by Crippen LogP contribution is 2.77. The third kappa shape index (κ3) is 0.696. The summed E-state index contributed by atoms with van der Waals surface area (Å²) in [6.07, 6.45) is 7.79. The second-order valence-electron chi connectivity index (χ2n) is 7.26. The SMILES string of the molecule is C[C@H]1C[C@H]2OC(=O)[C@@]34CC5(C)C=CC13[C@@H](C[C@@H]24)O5. The van der Waals surface area contributed by atoms with Crippen LogP contribution in [0.4, 0.5) is 0 Å². The fourth-order valence-electron chi connectivity index (χ4n) is 6.13. The van der Waals surface area contributed by atoms with Gasteiger partial charge in [0.1, 0.15) is 6.10 Å². The molecule has 6 aliphatic rings. The molecule has 3 nitrogen and oxygen atoms in total. The Kier molecular flexibility index (Phi) is 1.35. The average Bonchev–Trinajstić information content (AvgIpc) is 2.56. The van der Waals surface area contributed by atoms with E-state index in [1.807, 2.05) is 0 Å². The summed E-state index contributed by atoms with van der Waals surface area (Å²) in [6.45, 7) is 4.40. The molecule has 18 heavy (non-hydrogen) atoms. The van der Waals surface area contributed by atoms with Gasteiger partial charge in [0, 0.05) is 11.3 Å². The molecule has 2 unspecified atom stereocenters. The van der Waals surface area contributed by atoms with Crippen molar-refractivity contribution in [3.05, 3.63) is 12.2 Å². The average molecular weight is 246 g/mol. The second-order valence-corrected chi connectivity index (χ2v) is 7.26. The minimum Gasteiger partial charge on any atom is -0.462 e. The molecule has 2 spiro atoms. The van der Waals surface area contributed by atoms with Crippen molar-refractivity contribution in [1.82, 2.24) is 0 Å². The fraction of sp³-hybridized carbons (Fsp3) is 0.800. The zero-order chi connectivity index (χ0) is 12.3. The lowest BCUT2D eigenvalue weighted by molar-refractivity contribution is -0.211. The zero-order valence-corrected chi connectivity index (χ0v) is 10.8. The van der Waals surface area contributed by atoms with E-state index < -0.39 is 0 Å². The van der Waals surface area contributed by atoms with Gasteiger partial charge in [-0.1, -0.05) is 19.1 Å². The van der Waals surface area contributed by atoms with Crippen molar-refractivity contribution in [3.8, 4) is 0 Å². The van der Waals surface area contributed by atoms with E-state index in [0.29, 0.717) is 11.8 Å². The molecule has 0 aromatic heterocycles. The Bertz CT molecular complexity index is 512. The van der Waals surface area contributed by atoms with E-state index in [0.717, 1.165) is 19.3 Å². The zero-order valence-electron chi connectivity index (χ0n) is 10.8. The maximum atomic E-state index is 12.6. The highest BCUT2D eigenvalue weighted by Gasteiger charge is 2.82. The molecular formula is C15H18O3. The van der Waals surface area contributed by atoms with Crippen LogP contribution in [0.1, 0.15) is 33.1 Å². The topological polar surface area (TPSA) is 35.5 Å². The van der Waals surface area contributed by atoms with Crippen LogP contribution in [0.3, 0.4) is 0 Å². The lowest BCUT2D eigenvalue weighted by atomic mass is 9.46. The summed E-state index contributed by atoms with van der Waals surface area (Å²) in [5.74, 6) is 0.958. The van der Waals surface area contributed by atoms with E-state index in [9.17, 15) is 4.79 Å². The van der Waals surface area contributed by atoms with Gasteiger partial charge in [-0.05, 0) is 32.1 Å². The Hall–Kier alpha value is -0.830. The van der Waals surface area contributed by atoms with Crippen molar-refractivity contribution >= 4 is 5.97 Å². The normalized spacial score (nSPS) is 66.4. The molecule has 6 rings (SSSR count). The number of ether oxygens (including phenoxy) is 2. The quantitative estimate of drug-likeness (QED) is 0.485. The molecule has 0 N–H and O–H groups in total. The van der Waals surface area contributed by atoms with Crippen molar-refractivity contribution in [2.75, 3.05) is 0 Å². The maximum absolute atomic E-state index is 12.6. The lowest BCUT2D eigenvalue weighted by Gasteiger charge is -2.60. The highest BCUT2D eigenvalue weighted by atomic mass is 16.6. The summed E-state index contributed by atoms with van der Waals surface area (Å²) in [5.41, 5.74) is -0.576. The van der Waals surface area contributed by atoms with E-state index in [4.69, 9.17) is 9.47 Å². The number of rotatable bonds is 0. The molecule has 3 aliphatic heterocycles. The first-order chi connectivity index (χ1) is 8.52. The van der Waals surface area contributed by atoms with E-state index in [1.54, 1.807) is 0 Å². The van der Waals surface area contributed by atoms with Gasteiger partial charge in [0.15, 0.2) is 0 Å². The van der Waals surface area contributed by atoms with Gasteiger partial charge in [0.25, 0.3) is 0 Å². The van der Waals surface area contributed by atoms with Crippen molar-refractivity contribution in [3.63, 3.8) is 0 Å². The van der Waals surface area contributed by atoms with Gasteiger partial charge in [-0.15, -0.1) is 0 Å². The molecule has 2 saturated carbocycles. The van der Waals surface area contributed by atoms with Crippen LogP contribution in [0.15, 0.2) is 12.2 Å². The number of carbonyl (C=O) groups excluding carboxylic acids is 1. The summed E-state index contributed by atoms with van der Waals surface area (Å²) in [7, 11) is 0. The largest absolute Gasteiger partial charge is 0.462 e. The third-order valence-electron chi connectivity index (χ3n) is 6.63. The summed E-state index contributed by atoms with van der Waals surface area (Å²) >= 11 is 0. The molecule has 2 saturated heterocycles. The number of carbonyl (C=O) groups is 1. The first-order valence-corrected chi connectivity index (χ1v) is 7.11.